The topological polar surface area (TPSA) is 69.4 Å². The molecule has 5 nitrogen and oxygen atoms in total. The molecule has 2 aromatic rings. The number of rotatable bonds is 7. The predicted octanol–water partition coefficient (Wildman–Crippen LogP) is 3.59. The lowest BCUT2D eigenvalue weighted by molar-refractivity contribution is 0.307. The number of pyridine rings is 1. The Morgan fingerprint density at radius 3 is 2.48 bits per heavy atom. The Morgan fingerprint density at radius 2 is 1.81 bits per heavy atom. The highest BCUT2D eigenvalue weighted by molar-refractivity contribution is 5.61. The van der Waals surface area contributed by atoms with Gasteiger partial charge in [-0.05, 0) is 49.7 Å². The summed E-state index contributed by atoms with van der Waals surface area (Å²) >= 11 is 0. The van der Waals surface area contributed by atoms with Gasteiger partial charge in [0.05, 0.1) is 18.9 Å². The molecule has 0 atom stereocenters. The second-order valence-electron chi connectivity index (χ2n) is 4.52. The molecule has 0 unspecified atom stereocenters. The number of nitrogens with one attached hydrogen (secondary N) is 1. The van der Waals surface area contributed by atoms with E-state index in [2.05, 4.69) is 10.3 Å². The third-order valence-electron chi connectivity index (χ3n) is 2.77. The summed E-state index contributed by atoms with van der Waals surface area (Å²) in [6.45, 7) is 5.26. The average Bonchev–Trinajstić information content (AvgIpc) is 2.50. The normalized spacial score (nSPS) is 10.2. The molecule has 0 spiro atoms. The number of nitrogen functional groups attached to an aromatic ring is 1. The van der Waals surface area contributed by atoms with Crippen LogP contribution in [-0.2, 0) is 0 Å². The third kappa shape index (κ3) is 4.27. The van der Waals surface area contributed by atoms with E-state index < -0.39 is 0 Å². The van der Waals surface area contributed by atoms with Gasteiger partial charge in [-0.1, -0.05) is 6.92 Å². The molecule has 112 valence electrons. The van der Waals surface area contributed by atoms with Crippen molar-refractivity contribution in [3.05, 3.63) is 36.4 Å². The Morgan fingerprint density at radius 1 is 1.05 bits per heavy atom. The van der Waals surface area contributed by atoms with Crippen molar-refractivity contribution >= 4 is 17.2 Å². The van der Waals surface area contributed by atoms with E-state index >= 15 is 0 Å². The zero-order valence-electron chi connectivity index (χ0n) is 12.4. The van der Waals surface area contributed by atoms with Crippen LogP contribution in [-0.4, -0.2) is 18.2 Å². The molecule has 0 fully saturated rings. The number of benzene rings is 1. The Labute approximate surface area is 125 Å². The highest BCUT2D eigenvalue weighted by atomic mass is 16.5. The molecule has 2 rings (SSSR count). The van der Waals surface area contributed by atoms with Gasteiger partial charge in [-0.3, -0.25) is 0 Å². The smallest absolute Gasteiger partial charge is 0.239 e. The van der Waals surface area contributed by atoms with Crippen LogP contribution in [0, 0.1) is 0 Å². The summed E-state index contributed by atoms with van der Waals surface area (Å²) < 4.78 is 10.9. The fourth-order valence-corrected chi connectivity index (χ4v) is 1.78. The number of aromatic nitrogens is 1. The molecule has 5 heteroatoms. The van der Waals surface area contributed by atoms with E-state index in [1.54, 1.807) is 6.07 Å². The SMILES string of the molecule is CCCOc1nc(Nc2ccc(OCC)cc2)ccc1N. The maximum absolute atomic E-state index is 5.84. The van der Waals surface area contributed by atoms with E-state index in [4.69, 9.17) is 15.2 Å². The summed E-state index contributed by atoms with van der Waals surface area (Å²) in [4.78, 5) is 4.37. The Balaban J connectivity index is 2.08. The fourth-order valence-electron chi connectivity index (χ4n) is 1.78. The minimum Gasteiger partial charge on any atom is -0.494 e. The highest BCUT2D eigenvalue weighted by Crippen LogP contribution is 2.24. The average molecular weight is 287 g/mol. The van der Waals surface area contributed by atoms with Crippen molar-refractivity contribution in [2.75, 3.05) is 24.3 Å². The van der Waals surface area contributed by atoms with Crippen LogP contribution in [0.5, 0.6) is 11.6 Å². The zero-order chi connectivity index (χ0) is 15.1. The first-order valence-electron chi connectivity index (χ1n) is 7.12. The molecule has 0 saturated heterocycles. The number of anilines is 3. The quantitative estimate of drug-likeness (QED) is 0.814. The summed E-state index contributed by atoms with van der Waals surface area (Å²) in [5, 5.41) is 3.22. The van der Waals surface area contributed by atoms with E-state index in [-0.39, 0.29) is 0 Å². The number of nitrogens with zero attached hydrogens (tertiary/aromatic N) is 1. The second-order valence-corrected chi connectivity index (χ2v) is 4.52. The van der Waals surface area contributed by atoms with Crippen LogP contribution in [0.1, 0.15) is 20.3 Å². The summed E-state index contributed by atoms with van der Waals surface area (Å²) in [6.07, 6.45) is 0.914. The van der Waals surface area contributed by atoms with Gasteiger partial charge in [0, 0.05) is 5.69 Å². The van der Waals surface area contributed by atoms with Crippen molar-refractivity contribution in [1.29, 1.82) is 0 Å². The van der Waals surface area contributed by atoms with Crippen LogP contribution in [0.25, 0.3) is 0 Å². The predicted molar refractivity (Wildman–Crippen MR) is 85.3 cm³/mol. The molecule has 1 heterocycles. The zero-order valence-corrected chi connectivity index (χ0v) is 12.4. The maximum atomic E-state index is 5.84. The van der Waals surface area contributed by atoms with Crippen molar-refractivity contribution in [2.24, 2.45) is 0 Å². The number of ether oxygens (including phenoxy) is 2. The lowest BCUT2D eigenvalue weighted by Crippen LogP contribution is -2.03. The highest BCUT2D eigenvalue weighted by Gasteiger charge is 2.04. The van der Waals surface area contributed by atoms with Crippen molar-refractivity contribution in [1.82, 2.24) is 4.98 Å². The Hall–Kier alpha value is -2.43. The van der Waals surface area contributed by atoms with Crippen molar-refractivity contribution < 1.29 is 9.47 Å². The molecule has 1 aromatic heterocycles. The summed E-state index contributed by atoms with van der Waals surface area (Å²) in [6, 6.07) is 11.3. The first-order chi connectivity index (χ1) is 10.2. The van der Waals surface area contributed by atoms with Crippen LogP contribution >= 0.6 is 0 Å². The van der Waals surface area contributed by atoms with Gasteiger partial charge in [0.15, 0.2) is 0 Å². The molecule has 0 aliphatic heterocycles. The van der Waals surface area contributed by atoms with Gasteiger partial charge < -0.3 is 20.5 Å². The monoisotopic (exact) mass is 287 g/mol. The van der Waals surface area contributed by atoms with Gasteiger partial charge in [-0.15, -0.1) is 0 Å². The minimum absolute atomic E-state index is 0.466. The standard InChI is InChI=1S/C16H21N3O2/c1-3-11-21-16-14(17)9-10-15(19-16)18-12-5-7-13(8-6-12)20-4-2/h5-10H,3-4,11,17H2,1-2H3,(H,18,19). The Bertz CT molecular complexity index is 570. The van der Waals surface area contributed by atoms with Crippen molar-refractivity contribution in [3.8, 4) is 11.6 Å². The first-order valence-corrected chi connectivity index (χ1v) is 7.12. The van der Waals surface area contributed by atoms with Crippen LogP contribution < -0.4 is 20.5 Å². The second kappa shape index (κ2) is 7.38. The van der Waals surface area contributed by atoms with Gasteiger partial charge in [0.1, 0.15) is 11.6 Å². The van der Waals surface area contributed by atoms with E-state index in [1.165, 1.54) is 0 Å². The molecule has 0 saturated carbocycles. The minimum atomic E-state index is 0.466. The van der Waals surface area contributed by atoms with Crippen molar-refractivity contribution in [3.63, 3.8) is 0 Å². The van der Waals surface area contributed by atoms with E-state index in [9.17, 15) is 0 Å². The van der Waals surface area contributed by atoms with Crippen LogP contribution in [0.15, 0.2) is 36.4 Å². The molecule has 0 amide bonds. The fraction of sp³-hybridized carbons (Fsp3) is 0.312. The molecule has 21 heavy (non-hydrogen) atoms. The molecule has 0 bridgehead atoms. The van der Waals surface area contributed by atoms with E-state index in [0.29, 0.717) is 30.6 Å². The van der Waals surface area contributed by atoms with E-state index in [1.807, 2.05) is 44.2 Å². The maximum Gasteiger partial charge on any atom is 0.239 e. The largest absolute Gasteiger partial charge is 0.494 e. The molecule has 3 N–H and O–H groups in total. The van der Waals surface area contributed by atoms with Gasteiger partial charge >= 0.3 is 0 Å². The van der Waals surface area contributed by atoms with Crippen LogP contribution in [0.2, 0.25) is 0 Å². The lowest BCUT2D eigenvalue weighted by Gasteiger charge is -2.11. The first kappa shape index (κ1) is 15.0. The van der Waals surface area contributed by atoms with Gasteiger partial charge in [0.2, 0.25) is 5.88 Å². The number of hydrogen-bond acceptors (Lipinski definition) is 5. The van der Waals surface area contributed by atoms with Crippen molar-refractivity contribution in [2.45, 2.75) is 20.3 Å². The molecule has 1 aromatic carbocycles. The molecule has 0 aliphatic rings. The Kier molecular flexibility index (Phi) is 5.26. The van der Waals surface area contributed by atoms with Gasteiger partial charge in [-0.2, -0.15) is 4.98 Å². The summed E-state index contributed by atoms with van der Waals surface area (Å²) in [7, 11) is 0. The number of hydrogen-bond donors (Lipinski definition) is 2. The molecule has 0 aliphatic carbocycles. The van der Waals surface area contributed by atoms with Crippen LogP contribution in [0.3, 0.4) is 0 Å². The van der Waals surface area contributed by atoms with Crippen LogP contribution in [0.4, 0.5) is 17.2 Å². The lowest BCUT2D eigenvalue weighted by atomic mass is 10.3. The van der Waals surface area contributed by atoms with Gasteiger partial charge in [0.25, 0.3) is 0 Å². The summed E-state index contributed by atoms with van der Waals surface area (Å²) in [5.74, 6) is 2.01. The number of nitrogens with two attached hydrogens (primary N) is 1. The summed E-state index contributed by atoms with van der Waals surface area (Å²) in [5.41, 5.74) is 7.32. The molecular formula is C16H21N3O2. The van der Waals surface area contributed by atoms with E-state index in [0.717, 1.165) is 17.9 Å². The molecule has 0 radical (unpaired) electrons. The molecular weight excluding hydrogens is 266 g/mol. The van der Waals surface area contributed by atoms with Gasteiger partial charge in [-0.25, -0.2) is 0 Å². The third-order valence-corrected chi connectivity index (χ3v) is 2.77.